The topological polar surface area (TPSA) is 61.8 Å². The first-order valence-corrected chi connectivity index (χ1v) is 11.2. The van der Waals surface area contributed by atoms with Gasteiger partial charge in [-0.05, 0) is 37.0 Å². The van der Waals surface area contributed by atoms with Crippen molar-refractivity contribution in [3.8, 4) is 0 Å². The van der Waals surface area contributed by atoms with Crippen LogP contribution < -0.4 is 5.32 Å². The summed E-state index contributed by atoms with van der Waals surface area (Å²) in [6, 6.07) is 0. The highest BCUT2D eigenvalue weighted by atomic mass is 32.2. The summed E-state index contributed by atoms with van der Waals surface area (Å²) in [6.07, 6.45) is 10.7. The molecule has 0 radical (unpaired) electrons. The Morgan fingerprint density at radius 2 is 2.08 bits per heavy atom. The molecule has 1 aliphatic carbocycles. The van der Waals surface area contributed by atoms with Gasteiger partial charge in [0.1, 0.15) is 0 Å². The second kappa shape index (κ2) is 7.46. The molecule has 0 aromatic heterocycles. The van der Waals surface area contributed by atoms with E-state index in [1.54, 1.807) is 0 Å². The minimum Gasteiger partial charge on any atom is -0.353 e. The Morgan fingerprint density at radius 1 is 1.29 bits per heavy atom. The predicted molar refractivity (Wildman–Crippen MR) is 99.0 cm³/mol. The fourth-order valence-electron chi connectivity index (χ4n) is 4.49. The summed E-state index contributed by atoms with van der Waals surface area (Å²) in [6.45, 7) is 7.25. The van der Waals surface area contributed by atoms with Gasteiger partial charge < -0.3 is 10.2 Å². The molecule has 6 heteroatoms. The van der Waals surface area contributed by atoms with E-state index in [9.17, 15) is 8.42 Å². The molecular weight excluding hydrogens is 322 g/mol. The fourth-order valence-corrected chi connectivity index (χ4v) is 6.34. The van der Waals surface area contributed by atoms with Crippen molar-refractivity contribution >= 4 is 15.8 Å². The molecule has 0 aromatic rings. The predicted octanol–water partition coefficient (Wildman–Crippen LogP) is 2.21. The van der Waals surface area contributed by atoms with Crippen LogP contribution >= 0.6 is 0 Å². The molecule has 0 aromatic carbocycles. The van der Waals surface area contributed by atoms with Crippen LogP contribution in [0.15, 0.2) is 17.6 Å². The van der Waals surface area contributed by atoms with Gasteiger partial charge >= 0.3 is 0 Å². The van der Waals surface area contributed by atoms with E-state index in [0.29, 0.717) is 30.0 Å². The lowest BCUT2D eigenvalue weighted by atomic mass is 9.73. The molecule has 136 valence electrons. The minimum atomic E-state index is -2.82. The second-order valence-electron chi connectivity index (χ2n) is 7.84. The lowest BCUT2D eigenvalue weighted by molar-refractivity contribution is 0.203. The summed E-state index contributed by atoms with van der Waals surface area (Å²) in [5, 5.41) is 3.39. The average Bonchev–Trinajstić information content (AvgIpc) is 3.12. The minimum absolute atomic E-state index is 0.182. The van der Waals surface area contributed by atoms with Crippen molar-refractivity contribution in [2.75, 3.05) is 37.7 Å². The van der Waals surface area contributed by atoms with E-state index < -0.39 is 9.84 Å². The van der Waals surface area contributed by atoms with Gasteiger partial charge in [-0.1, -0.05) is 25.3 Å². The Hall–Kier alpha value is -1.04. The molecule has 3 aliphatic rings. The molecule has 2 saturated heterocycles. The molecule has 1 atom stereocenters. The molecule has 3 rings (SSSR count). The Bertz CT molecular complexity index is 579. The molecule has 1 spiro atoms. The van der Waals surface area contributed by atoms with Gasteiger partial charge in [0, 0.05) is 26.2 Å². The van der Waals surface area contributed by atoms with Gasteiger partial charge in [-0.25, -0.2) is 8.42 Å². The highest BCUT2D eigenvalue weighted by Gasteiger charge is 2.39. The summed E-state index contributed by atoms with van der Waals surface area (Å²) in [4.78, 5) is 7.18. The third kappa shape index (κ3) is 4.32. The maximum Gasteiger partial charge on any atom is 0.194 e. The largest absolute Gasteiger partial charge is 0.353 e. The van der Waals surface area contributed by atoms with E-state index in [0.717, 1.165) is 25.5 Å². The van der Waals surface area contributed by atoms with Crippen LogP contribution in [0.1, 0.15) is 44.9 Å². The van der Waals surface area contributed by atoms with Crippen LogP contribution in [-0.2, 0) is 9.84 Å². The third-order valence-electron chi connectivity index (χ3n) is 5.88. The number of hydrogen-bond donors (Lipinski definition) is 1. The van der Waals surface area contributed by atoms with E-state index in [1.165, 1.54) is 38.5 Å². The van der Waals surface area contributed by atoms with E-state index in [-0.39, 0.29) is 5.92 Å². The molecule has 3 fully saturated rings. The lowest BCUT2D eigenvalue weighted by Crippen LogP contribution is -2.42. The van der Waals surface area contributed by atoms with Gasteiger partial charge in [0.25, 0.3) is 0 Å². The van der Waals surface area contributed by atoms with Crippen LogP contribution in [0, 0.1) is 11.3 Å². The zero-order valence-electron chi connectivity index (χ0n) is 14.7. The first-order valence-electron chi connectivity index (χ1n) is 9.37. The van der Waals surface area contributed by atoms with Crippen molar-refractivity contribution in [2.24, 2.45) is 16.3 Å². The summed E-state index contributed by atoms with van der Waals surface area (Å²) < 4.78 is 23.3. The zero-order chi connectivity index (χ0) is 17.0. The number of hydrogen-bond acceptors (Lipinski definition) is 3. The Kier molecular flexibility index (Phi) is 5.52. The van der Waals surface area contributed by atoms with Crippen LogP contribution in [-0.4, -0.2) is 57.0 Å². The van der Waals surface area contributed by atoms with Crippen LogP contribution in [0.2, 0.25) is 0 Å². The van der Waals surface area contributed by atoms with E-state index in [1.807, 2.05) is 6.08 Å². The Morgan fingerprint density at radius 3 is 2.75 bits per heavy atom. The summed E-state index contributed by atoms with van der Waals surface area (Å²) >= 11 is 0. The fraction of sp³-hybridized carbons (Fsp3) is 0.833. The summed E-state index contributed by atoms with van der Waals surface area (Å²) in [5.74, 6) is 1.76. The van der Waals surface area contributed by atoms with Crippen molar-refractivity contribution in [1.82, 2.24) is 10.2 Å². The SMILES string of the molecule is C=CCNC(=NCC1CCS(=O)(=O)C1)N1CCC2(CCCCC2)C1. The number of nitrogens with zero attached hydrogens (tertiary/aromatic N) is 2. The molecular formula is C18H31N3O2S. The number of nitrogens with one attached hydrogen (secondary N) is 1. The van der Waals surface area contributed by atoms with Crippen LogP contribution in [0.3, 0.4) is 0 Å². The van der Waals surface area contributed by atoms with Gasteiger partial charge in [-0.15, -0.1) is 6.58 Å². The molecule has 2 heterocycles. The van der Waals surface area contributed by atoms with Gasteiger partial charge in [0.05, 0.1) is 11.5 Å². The number of guanidine groups is 1. The molecule has 1 saturated carbocycles. The first kappa shape index (κ1) is 17.8. The van der Waals surface area contributed by atoms with Crippen molar-refractivity contribution in [3.05, 3.63) is 12.7 Å². The van der Waals surface area contributed by atoms with Crippen molar-refractivity contribution in [3.63, 3.8) is 0 Å². The quantitative estimate of drug-likeness (QED) is 0.478. The molecule has 0 amide bonds. The third-order valence-corrected chi connectivity index (χ3v) is 7.72. The normalized spacial score (nSPS) is 29.1. The maximum absolute atomic E-state index is 11.6. The van der Waals surface area contributed by atoms with Gasteiger partial charge in [-0.2, -0.15) is 0 Å². The summed E-state index contributed by atoms with van der Waals surface area (Å²) in [7, 11) is -2.82. The van der Waals surface area contributed by atoms with Crippen LogP contribution in [0.25, 0.3) is 0 Å². The molecule has 1 unspecified atom stereocenters. The number of likely N-dealkylation sites (tertiary alicyclic amines) is 1. The molecule has 2 aliphatic heterocycles. The first-order chi connectivity index (χ1) is 11.5. The molecule has 5 nitrogen and oxygen atoms in total. The van der Waals surface area contributed by atoms with Crippen LogP contribution in [0.5, 0.6) is 0 Å². The molecule has 1 N–H and O–H groups in total. The number of rotatable bonds is 4. The van der Waals surface area contributed by atoms with E-state index in [4.69, 9.17) is 4.99 Å². The van der Waals surface area contributed by atoms with E-state index >= 15 is 0 Å². The number of aliphatic imine (C=N–C) groups is 1. The van der Waals surface area contributed by atoms with Gasteiger partial charge in [0.2, 0.25) is 0 Å². The standard InChI is InChI=1S/C18H31N3O2S/c1-2-10-19-17(20-13-16-6-12-24(22,23)14-16)21-11-9-18(15-21)7-4-3-5-8-18/h2,16H,1,3-15H2,(H,19,20). The van der Waals surface area contributed by atoms with Crippen molar-refractivity contribution in [1.29, 1.82) is 0 Å². The number of sulfone groups is 1. The Labute approximate surface area is 146 Å². The second-order valence-corrected chi connectivity index (χ2v) is 10.1. The smallest absolute Gasteiger partial charge is 0.194 e. The van der Waals surface area contributed by atoms with Gasteiger partial charge in [-0.3, -0.25) is 4.99 Å². The van der Waals surface area contributed by atoms with Crippen molar-refractivity contribution < 1.29 is 8.42 Å². The highest BCUT2D eigenvalue weighted by molar-refractivity contribution is 7.91. The maximum atomic E-state index is 11.6. The average molecular weight is 354 g/mol. The van der Waals surface area contributed by atoms with E-state index in [2.05, 4.69) is 16.8 Å². The molecule has 0 bridgehead atoms. The van der Waals surface area contributed by atoms with Crippen LogP contribution in [0.4, 0.5) is 0 Å². The summed E-state index contributed by atoms with van der Waals surface area (Å²) in [5.41, 5.74) is 0.492. The Balaban J connectivity index is 1.63. The van der Waals surface area contributed by atoms with Crippen molar-refractivity contribution in [2.45, 2.75) is 44.9 Å². The monoisotopic (exact) mass is 353 g/mol. The zero-order valence-corrected chi connectivity index (χ0v) is 15.5. The lowest BCUT2D eigenvalue weighted by Gasteiger charge is -2.33. The highest BCUT2D eigenvalue weighted by Crippen LogP contribution is 2.43. The molecule has 24 heavy (non-hydrogen) atoms. The van der Waals surface area contributed by atoms with Gasteiger partial charge in [0.15, 0.2) is 15.8 Å².